The number of aliphatic hydroxyl groups excluding tert-OH is 2. The van der Waals surface area contributed by atoms with Gasteiger partial charge in [-0.25, -0.2) is 13.7 Å². The second-order valence-electron chi connectivity index (χ2n) is 6.17. The van der Waals surface area contributed by atoms with Crippen LogP contribution in [0.5, 0.6) is 0 Å². The van der Waals surface area contributed by atoms with Crippen LogP contribution in [-0.2, 0) is 31.6 Å². The molecule has 3 unspecified atom stereocenters. The fourth-order valence-electron chi connectivity index (χ4n) is 2.74. The van der Waals surface area contributed by atoms with E-state index < -0.39 is 54.6 Å². The van der Waals surface area contributed by atoms with Crippen LogP contribution in [0.1, 0.15) is 6.23 Å². The molecular weight excluding hydrogens is 523 g/mol. The standard InChI is InChI=1S/C12H16NO13P3S2/c14-8-7(5-23-28(19,20)26-29(21,22)25-27(16,17)18)24-11(9(8)15)13-3-1-6-2-4-31-10(6)12(13)30/h1-4,7-9,11,14-15H,5H2,(H,19,20)(H,21,22)(H2,16,17,18)/t7-,8+,9?,11-/m1/s1. The fraction of sp³-hybridized carbons (Fsp3) is 0.417. The summed E-state index contributed by atoms with van der Waals surface area (Å²) >= 11 is 6.73. The number of hydrogen-bond donors (Lipinski definition) is 6. The maximum absolute atomic E-state index is 11.8. The zero-order valence-corrected chi connectivity index (χ0v) is 19.3. The SMILES string of the molecule is O=P(O)(O)OP(=O)(O)OP(=O)(O)OC[C@H]1O[C@@H](n2ccc3ccsc3c2=S)C(O)[C@H]1O. The number of ether oxygens (including phenoxy) is 1. The van der Waals surface area contributed by atoms with Gasteiger partial charge >= 0.3 is 23.5 Å². The quantitative estimate of drug-likeness (QED) is 0.207. The zero-order chi connectivity index (χ0) is 23.2. The molecule has 3 heterocycles. The topological polar surface area (TPSA) is 214 Å². The predicted octanol–water partition coefficient (Wildman–Crippen LogP) is 1.39. The Kier molecular flexibility index (Phi) is 7.42. The molecule has 0 bridgehead atoms. The first-order valence-electron chi connectivity index (χ1n) is 8.07. The molecule has 0 amide bonds. The highest BCUT2D eigenvalue weighted by molar-refractivity contribution is 7.71. The highest BCUT2D eigenvalue weighted by Gasteiger charge is 2.46. The Hall–Kier alpha value is -0.380. The largest absolute Gasteiger partial charge is 0.490 e. The minimum Gasteiger partial charge on any atom is -0.387 e. The van der Waals surface area contributed by atoms with E-state index in [1.54, 1.807) is 6.07 Å². The zero-order valence-electron chi connectivity index (χ0n) is 15.0. The van der Waals surface area contributed by atoms with Crippen molar-refractivity contribution in [1.29, 1.82) is 0 Å². The second kappa shape index (κ2) is 9.11. The lowest BCUT2D eigenvalue weighted by molar-refractivity contribution is -0.0525. The van der Waals surface area contributed by atoms with Crippen molar-refractivity contribution >= 4 is 57.1 Å². The average Bonchev–Trinajstić information content (AvgIpc) is 3.17. The van der Waals surface area contributed by atoms with E-state index in [1.807, 2.05) is 11.4 Å². The highest BCUT2D eigenvalue weighted by atomic mass is 32.1. The molecule has 6 N–H and O–H groups in total. The molecule has 1 aliphatic rings. The van der Waals surface area contributed by atoms with Gasteiger partial charge in [-0.15, -0.1) is 11.3 Å². The third kappa shape index (κ3) is 6.15. The Morgan fingerprint density at radius 3 is 2.39 bits per heavy atom. The number of aromatic nitrogens is 1. The van der Waals surface area contributed by atoms with Gasteiger partial charge in [-0.05, 0) is 22.9 Å². The van der Waals surface area contributed by atoms with Gasteiger partial charge in [-0.1, -0.05) is 12.2 Å². The summed E-state index contributed by atoms with van der Waals surface area (Å²) in [6.45, 7) is -0.910. The van der Waals surface area contributed by atoms with Crippen molar-refractivity contribution in [2.45, 2.75) is 24.5 Å². The van der Waals surface area contributed by atoms with Crippen LogP contribution in [0.3, 0.4) is 0 Å². The highest BCUT2D eigenvalue weighted by Crippen LogP contribution is 2.66. The number of rotatable bonds is 8. The summed E-state index contributed by atoms with van der Waals surface area (Å²) in [6.07, 6.45) is -4.17. The average molecular weight is 539 g/mol. The van der Waals surface area contributed by atoms with Crippen molar-refractivity contribution < 1.29 is 61.4 Å². The lowest BCUT2D eigenvalue weighted by Gasteiger charge is -2.19. The van der Waals surface area contributed by atoms with Gasteiger partial charge in [0.25, 0.3) is 0 Å². The van der Waals surface area contributed by atoms with Gasteiger partial charge in [0, 0.05) is 6.20 Å². The molecule has 14 nitrogen and oxygen atoms in total. The van der Waals surface area contributed by atoms with Gasteiger partial charge in [0.15, 0.2) is 6.23 Å². The Balaban J connectivity index is 1.69. The summed E-state index contributed by atoms with van der Waals surface area (Å²) in [5.41, 5.74) is 0. The van der Waals surface area contributed by atoms with E-state index in [1.165, 1.54) is 22.1 Å². The maximum atomic E-state index is 11.8. The van der Waals surface area contributed by atoms with Crippen LogP contribution in [0.15, 0.2) is 23.7 Å². The van der Waals surface area contributed by atoms with Crippen LogP contribution in [0, 0.1) is 4.64 Å². The summed E-state index contributed by atoms with van der Waals surface area (Å²) in [5, 5.41) is 23.2. The third-order valence-corrected chi connectivity index (χ3v) is 9.25. The van der Waals surface area contributed by atoms with Crippen LogP contribution >= 0.6 is 47.0 Å². The Bertz CT molecular complexity index is 1160. The molecule has 0 saturated carbocycles. The normalized spacial score (nSPS) is 28.5. The van der Waals surface area contributed by atoms with Gasteiger partial charge in [0.1, 0.15) is 23.0 Å². The van der Waals surface area contributed by atoms with Gasteiger partial charge < -0.3 is 39.1 Å². The molecule has 2 aromatic rings. The minimum absolute atomic E-state index is 0.317. The van der Waals surface area contributed by atoms with E-state index in [2.05, 4.69) is 13.1 Å². The summed E-state index contributed by atoms with van der Waals surface area (Å²) < 4.78 is 53.3. The van der Waals surface area contributed by atoms with E-state index in [9.17, 15) is 28.8 Å². The number of aliphatic hydroxyl groups is 2. The summed E-state index contributed by atoms with van der Waals surface area (Å²) in [6, 6.07) is 3.55. The van der Waals surface area contributed by atoms with Crippen molar-refractivity contribution in [3.05, 3.63) is 28.4 Å². The van der Waals surface area contributed by atoms with Crippen molar-refractivity contribution in [1.82, 2.24) is 4.57 Å². The molecule has 1 saturated heterocycles. The third-order valence-electron chi connectivity index (χ3n) is 3.97. The number of phosphoric acid groups is 3. The first-order valence-corrected chi connectivity index (χ1v) is 13.9. The van der Waals surface area contributed by atoms with Crippen molar-refractivity contribution in [2.24, 2.45) is 0 Å². The molecule has 0 spiro atoms. The predicted molar refractivity (Wildman–Crippen MR) is 106 cm³/mol. The summed E-state index contributed by atoms with van der Waals surface area (Å²) in [7, 11) is -16.6. The molecule has 0 aliphatic carbocycles. The number of phosphoric ester groups is 1. The van der Waals surface area contributed by atoms with Gasteiger partial charge in [0.05, 0.1) is 11.3 Å². The van der Waals surface area contributed by atoms with E-state index in [0.717, 1.165) is 10.1 Å². The number of pyridine rings is 1. The van der Waals surface area contributed by atoms with Crippen LogP contribution in [-0.4, -0.2) is 59.3 Å². The van der Waals surface area contributed by atoms with Crippen LogP contribution in [0.2, 0.25) is 0 Å². The molecule has 19 heteroatoms. The van der Waals surface area contributed by atoms with E-state index in [0.29, 0.717) is 4.64 Å². The Morgan fingerprint density at radius 1 is 1.06 bits per heavy atom. The maximum Gasteiger partial charge on any atom is 0.490 e. The van der Waals surface area contributed by atoms with Crippen molar-refractivity contribution in [2.75, 3.05) is 6.61 Å². The summed E-state index contributed by atoms with van der Waals surface area (Å²) in [5.74, 6) is 0. The number of thiophene rings is 1. The first-order chi connectivity index (χ1) is 14.2. The summed E-state index contributed by atoms with van der Waals surface area (Å²) in [4.78, 5) is 35.6. The number of hydrogen-bond acceptors (Lipinski definition) is 11. The lowest BCUT2D eigenvalue weighted by Crippen LogP contribution is -2.33. The van der Waals surface area contributed by atoms with Crippen molar-refractivity contribution in [3.8, 4) is 0 Å². The van der Waals surface area contributed by atoms with Crippen LogP contribution in [0.4, 0.5) is 0 Å². The molecule has 174 valence electrons. The fourth-order valence-corrected chi connectivity index (χ4v) is 7.02. The Morgan fingerprint density at radius 2 is 1.74 bits per heavy atom. The van der Waals surface area contributed by atoms with Crippen LogP contribution in [0.25, 0.3) is 10.1 Å². The number of fused-ring (bicyclic) bond motifs is 1. The molecule has 1 fully saturated rings. The monoisotopic (exact) mass is 539 g/mol. The van der Waals surface area contributed by atoms with Gasteiger partial charge in [-0.3, -0.25) is 4.52 Å². The molecule has 0 aromatic carbocycles. The molecule has 1 aliphatic heterocycles. The van der Waals surface area contributed by atoms with Gasteiger partial charge in [-0.2, -0.15) is 8.62 Å². The second-order valence-corrected chi connectivity index (χ2v) is 11.9. The molecule has 3 rings (SSSR count). The van der Waals surface area contributed by atoms with Crippen LogP contribution < -0.4 is 0 Å². The number of nitrogens with zero attached hydrogens (tertiary/aromatic N) is 1. The Labute approximate surface area is 182 Å². The first kappa shape index (κ1) is 25.2. The van der Waals surface area contributed by atoms with E-state index in [-0.39, 0.29) is 0 Å². The molecule has 31 heavy (non-hydrogen) atoms. The van der Waals surface area contributed by atoms with E-state index >= 15 is 0 Å². The smallest absolute Gasteiger partial charge is 0.387 e. The molecular formula is C12H16NO13P3S2. The van der Waals surface area contributed by atoms with Crippen molar-refractivity contribution in [3.63, 3.8) is 0 Å². The molecule has 0 radical (unpaired) electrons. The van der Waals surface area contributed by atoms with Gasteiger partial charge in [0.2, 0.25) is 0 Å². The molecule has 6 atom stereocenters. The lowest BCUT2D eigenvalue weighted by atomic mass is 10.1. The minimum atomic E-state index is -5.68. The molecule has 2 aromatic heterocycles. The van der Waals surface area contributed by atoms with E-state index in [4.69, 9.17) is 31.6 Å².